The Morgan fingerprint density at radius 1 is 1.21 bits per heavy atom. The molecule has 3 rings (SSSR count). The Bertz CT molecular complexity index is 345. The molecule has 74 valence electrons. The Kier molecular flexibility index (Phi) is 1.88. The fraction of sp³-hybridized carbons (Fsp3) is 0.538. The van der Waals surface area contributed by atoms with Crippen LogP contribution in [-0.4, -0.2) is 17.5 Å². The van der Waals surface area contributed by atoms with Crippen LogP contribution in [0.4, 0.5) is 0 Å². The van der Waals surface area contributed by atoms with Crippen molar-refractivity contribution in [1.29, 1.82) is 0 Å². The molecule has 0 spiro atoms. The van der Waals surface area contributed by atoms with E-state index in [1.807, 2.05) is 0 Å². The summed E-state index contributed by atoms with van der Waals surface area (Å²) in [4.78, 5) is 2.68. The van der Waals surface area contributed by atoms with Gasteiger partial charge < -0.3 is 0 Å². The normalized spacial score (nSPS) is 31.2. The van der Waals surface area contributed by atoms with Crippen LogP contribution in [0.1, 0.15) is 36.9 Å². The van der Waals surface area contributed by atoms with Crippen LogP contribution in [0.2, 0.25) is 0 Å². The molecule has 0 radical (unpaired) electrons. The van der Waals surface area contributed by atoms with Crippen LogP contribution in [0.3, 0.4) is 0 Å². The molecule has 2 heterocycles. The molecule has 0 saturated carbocycles. The molecular formula is C13H17N. The predicted molar refractivity (Wildman–Crippen MR) is 58.3 cm³/mol. The van der Waals surface area contributed by atoms with Gasteiger partial charge in [-0.2, -0.15) is 0 Å². The predicted octanol–water partition coefficient (Wildman–Crippen LogP) is 2.77. The highest BCUT2D eigenvalue weighted by molar-refractivity contribution is 5.33. The fourth-order valence-corrected chi connectivity index (χ4v) is 3.08. The molecule has 2 unspecified atom stereocenters. The molecule has 1 aromatic rings. The van der Waals surface area contributed by atoms with Crippen LogP contribution in [0, 0.1) is 0 Å². The Morgan fingerprint density at radius 2 is 2.07 bits per heavy atom. The number of rotatable bonds is 0. The number of hydrogen-bond donors (Lipinski definition) is 0. The van der Waals surface area contributed by atoms with Gasteiger partial charge in [-0.05, 0) is 37.3 Å². The Morgan fingerprint density at radius 3 is 3.00 bits per heavy atom. The Balaban J connectivity index is 2.03. The van der Waals surface area contributed by atoms with E-state index in [1.54, 1.807) is 11.1 Å². The van der Waals surface area contributed by atoms with Crippen molar-refractivity contribution in [3.63, 3.8) is 0 Å². The zero-order valence-electron chi connectivity index (χ0n) is 8.74. The number of fused-ring (bicyclic) bond motifs is 3. The van der Waals surface area contributed by atoms with Crippen molar-refractivity contribution >= 4 is 0 Å². The number of nitrogens with zero attached hydrogens (tertiary/aromatic N) is 1. The van der Waals surface area contributed by atoms with Crippen LogP contribution in [0.5, 0.6) is 0 Å². The van der Waals surface area contributed by atoms with Gasteiger partial charge >= 0.3 is 0 Å². The smallest absolute Gasteiger partial charge is 0.0354 e. The third-order valence-electron chi connectivity index (χ3n) is 3.88. The first-order valence-electron chi connectivity index (χ1n) is 5.70. The van der Waals surface area contributed by atoms with E-state index in [0.29, 0.717) is 0 Å². The molecule has 1 saturated heterocycles. The van der Waals surface area contributed by atoms with Gasteiger partial charge in [0.25, 0.3) is 0 Å². The molecule has 2 aliphatic rings. The summed E-state index contributed by atoms with van der Waals surface area (Å²) in [7, 11) is 0. The molecule has 2 atom stereocenters. The van der Waals surface area contributed by atoms with Gasteiger partial charge in [0.05, 0.1) is 0 Å². The van der Waals surface area contributed by atoms with E-state index in [2.05, 4.69) is 36.1 Å². The van der Waals surface area contributed by atoms with Gasteiger partial charge in [-0.1, -0.05) is 24.3 Å². The van der Waals surface area contributed by atoms with Crippen molar-refractivity contribution < 1.29 is 0 Å². The second kappa shape index (κ2) is 3.09. The first-order chi connectivity index (χ1) is 6.86. The Labute approximate surface area is 85.7 Å². The highest BCUT2D eigenvalue weighted by atomic mass is 15.2. The Hall–Kier alpha value is -0.820. The van der Waals surface area contributed by atoms with E-state index in [0.717, 1.165) is 12.1 Å². The minimum atomic E-state index is 0.731. The van der Waals surface area contributed by atoms with Crippen molar-refractivity contribution in [2.75, 3.05) is 6.54 Å². The van der Waals surface area contributed by atoms with Gasteiger partial charge in [0.2, 0.25) is 0 Å². The summed E-state index contributed by atoms with van der Waals surface area (Å²) in [5.74, 6) is 0. The summed E-state index contributed by atoms with van der Waals surface area (Å²) in [6.07, 6.45) is 3.98. The molecule has 0 bridgehead atoms. The van der Waals surface area contributed by atoms with Gasteiger partial charge in [-0.25, -0.2) is 0 Å². The van der Waals surface area contributed by atoms with Gasteiger partial charge in [-0.3, -0.25) is 4.90 Å². The molecule has 0 N–H and O–H groups in total. The van der Waals surface area contributed by atoms with Crippen LogP contribution in [0.25, 0.3) is 0 Å². The minimum Gasteiger partial charge on any atom is -0.293 e. The van der Waals surface area contributed by atoms with Gasteiger partial charge in [0.1, 0.15) is 0 Å². The fourth-order valence-electron chi connectivity index (χ4n) is 3.08. The number of benzene rings is 1. The highest BCUT2D eigenvalue weighted by Gasteiger charge is 2.34. The third kappa shape index (κ3) is 1.12. The van der Waals surface area contributed by atoms with Crippen molar-refractivity contribution in [2.45, 2.75) is 38.3 Å². The molecule has 1 fully saturated rings. The maximum absolute atomic E-state index is 2.68. The van der Waals surface area contributed by atoms with E-state index >= 15 is 0 Å². The maximum Gasteiger partial charge on any atom is 0.0354 e. The zero-order valence-corrected chi connectivity index (χ0v) is 8.74. The summed E-state index contributed by atoms with van der Waals surface area (Å²) in [5.41, 5.74) is 3.19. The largest absolute Gasteiger partial charge is 0.293 e. The summed E-state index contributed by atoms with van der Waals surface area (Å²) >= 11 is 0. The lowest BCUT2D eigenvalue weighted by atomic mass is 9.93. The molecule has 14 heavy (non-hydrogen) atoms. The van der Waals surface area contributed by atoms with Gasteiger partial charge in [-0.15, -0.1) is 0 Å². The van der Waals surface area contributed by atoms with E-state index in [4.69, 9.17) is 0 Å². The lowest BCUT2D eigenvalue weighted by Gasteiger charge is -2.34. The zero-order chi connectivity index (χ0) is 9.54. The second-order valence-electron chi connectivity index (χ2n) is 4.63. The first-order valence-corrected chi connectivity index (χ1v) is 5.70. The third-order valence-corrected chi connectivity index (χ3v) is 3.88. The van der Waals surface area contributed by atoms with Crippen molar-refractivity contribution in [3.8, 4) is 0 Å². The van der Waals surface area contributed by atoms with Crippen molar-refractivity contribution in [3.05, 3.63) is 35.4 Å². The monoisotopic (exact) mass is 187 g/mol. The number of hydrogen-bond acceptors (Lipinski definition) is 1. The van der Waals surface area contributed by atoms with Crippen LogP contribution < -0.4 is 0 Å². The van der Waals surface area contributed by atoms with Crippen LogP contribution >= 0.6 is 0 Å². The lowest BCUT2D eigenvalue weighted by Crippen LogP contribution is -2.35. The highest BCUT2D eigenvalue weighted by Crippen LogP contribution is 2.40. The average molecular weight is 187 g/mol. The van der Waals surface area contributed by atoms with Crippen molar-refractivity contribution in [1.82, 2.24) is 4.90 Å². The molecule has 0 amide bonds. The molecule has 1 heteroatoms. The van der Waals surface area contributed by atoms with E-state index in [9.17, 15) is 0 Å². The van der Waals surface area contributed by atoms with E-state index in [1.165, 1.54) is 25.8 Å². The van der Waals surface area contributed by atoms with E-state index in [-0.39, 0.29) is 0 Å². The van der Waals surface area contributed by atoms with Crippen LogP contribution in [-0.2, 0) is 6.42 Å². The average Bonchev–Trinajstić information content (AvgIpc) is 2.61. The maximum atomic E-state index is 2.68. The summed E-state index contributed by atoms with van der Waals surface area (Å²) < 4.78 is 0. The summed E-state index contributed by atoms with van der Waals surface area (Å²) in [6, 6.07) is 10.5. The lowest BCUT2D eigenvalue weighted by molar-refractivity contribution is 0.193. The molecule has 0 aliphatic carbocycles. The van der Waals surface area contributed by atoms with E-state index < -0.39 is 0 Å². The summed E-state index contributed by atoms with van der Waals surface area (Å²) in [6.45, 7) is 3.64. The van der Waals surface area contributed by atoms with Gasteiger partial charge in [0, 0.05) is 18.6 Å². The molecular weight excluding hydrogens is 170 g/mol. The topological polar surface area (TPSA) is 3.24 Å². The van der Waals surface area contributed by atoms with Crippen LogP contribution in [0.15, 0.2) is 24.3 Å². The van der Waals surface area contributed by atoms with Crippen molar-refractivity contribution in [2.24, 2.45) is 0 Å². The minimum absolute atomic E-state index is 0.731. The molecule has 1 aromatic carbocycles. The molecule has 1 nitrogen and oxygen atoms in total. The SMILES string of the molecule is CC1CCC2c3ccccc3CCN12. The molecule has 2 aliphatic heterocycles. The molecule has 0 aromatic heterocycles. The second-order valence-corrected chi connectivity index (χ2v) is 4.63. The van der Waals surface area contributed by atoms with Gasteiger partial charge in [0.15, 0.2) is 0 Å². The quantitative estimate of drug-likeness (QED) is 0.603. The first kappa shape index (κ1) is 8.49. The standard InChI is InChI=1S/C13H17N/c1-10-6-7-13-12-5-3-2-4-11(12)8-9-14(10)13/h2-5,10,13H,6-9H2,1H3. The summed E-state index contributed by atoms with van der Waals surface area (Å²) in [5, 5.41) is 0.